The van der Waals surface area contributed by atoms with E-state index >= 15 is 0 Å². The maximum Gasteiger partial charge on any atom is 0.294 e. The van der Waals surface area contributed by atoms with Crippen LogP contribution in [0, 0.1) is 6.92 Å². The smallest absolute Gasteiger partial charge is 0.294 e. The second kappa shape index (κ2) is 5.82. The molecule has 0 amide bonds. The number of rotatable bonds is 1. The quantitative estimate of drug-likeness (QED) is 0.487. The minimum Gasteiger partial charge on any atom is -0.368 e. The predicted molar refractivity (Wildman–Crippen MR) is 54.9 cm³/mol. The van der Waals surface area contributed by atoms with Gasteiger partial charge in [0.15, 0.2) is 0 Å². The largest absolute Gasteiger partial charge is 0.368 e. The van der Waals surface area contributed by atoms with E-state index in [0.717, 1.165) is 5.56 Å². The van der Waals surface area contributed by atoms with E-state index in [4.69, 9.17) is 14.8 Å². The van der Waals surface area contributed by atoms with Gasteiger partial charge in [0.25, 0.3) is 10.1 Å². The van der Waals surface area contributed by atoms with E-state index < -0.39 is 16.4 Å². The summed E-state index contributed by atoms with van der Waals surface area (Å²) in [5.74, 6) is 0. The number of aliphatic hydroxyl groups excluding tert-OH is 1. The van der Waals surface area contributed by atoms with E-state index in [1.54, 1.807) is 12.1 Å². The van der Waals surface area contributed by atoms with Crippen molar-refractivity contribution in [2.75, 3.05) is 0 Å². The molecule has 0 aromatic heterocycles. The molecule has 0 saturated heterocycles. The molecule has 0 heterocycles. The molecule has 0 radical (unpaired) electrons. The van der Waals surface area contributed by atoms with Crippen LogP contribution in [0.4, 0.5) is 0 Å². The SMILES string of the molecule is CC(O)O.Cc1ccc(S(=O)(=O)O)cc1. The number of hydrogen-bond acceptors (Lipinski definition) is 4. The van der Waals surface area contributed by atoms with Crippen LogP contribution in [-0.4, -0.2) is 29.5 Å². The first kappa shape index (κ1) is 14.1. The molecule has 1 aromatic rings. The van der Waals surface area contributed by atoms with E-state index in [1.165, 1.54) is 19.1 Å². The van der Waals surface area contributed by atoms with Gasteiger partial charge in [0.2, 0.25) is 0 Å². The van der Waals surface area contributed by atoms with Crippen LogP contribution in [0.15, 0.2) is 29.2 Å². The van der Waals surface area contributed by atoms with Crippen LogP contribution in [-0.2, 0) is 10.1 Å². The minimum absolute atomic E-state index is 0.0666. The molecular formula is C9H14O5S. The first-order valence-corrected chi connectivity index (χ1v) is 5.58. The van der Waals surface area contributed by atoms with Crippen LogP contribution in [0.25, 0.3) is 0 Å². The summed E-state index contributed by atoms with van der Waals surface area (Å²) in [6.45, 7) is 3.12. The van der Waals surface area contributed by atoms with Gasteiger partial charge in [-0.2, -0.15) is 8.42 Å². The van der Waals surface area contributed by atoms with Gasteiger partial charge in [0, 0.05) is 0 Å². The van der Waals surface area contributed by atoms with Gasteiger partial charge in [-0.05, 0) is 26.0 Å². The van der Waals surface area contributed by atoms with Gasteiger partial charge < -0.3 is 10.2 Å². The third-order valence-electron chi connectivity index (χ3n) is 1.32. The Labute approximate surface area is 88.7 Å². The first-order chi connectivity index (χ1) is 6.73. The Kier molecular flexibility index (Phi) is 5.45. The Bertz CT molecular complexity index is 377. The lowest BCUT2D eigenvalue weighted by Gasteiger charge is -1.95. The monoisotopic (exact) mass is 234 g/mol. The Hall–Kier alpha value is -0.950. The lowest BCUT2D eigenvalue weighted by atomic mass is 10.2. The van der Waals surface area contributed by atoms with Gasteiger partial charge in [0.1, 0.15) is 6.29 Å². The summed E-state index contributed by atoms with van der Waals surface area (Å²) >= 11 is 0. The van der Waals surface area contributed by atoms with E-state index in [9.17, 15) is 8.42 Å². The van der Waals surface area contributed by atoms with Crippen molar-refractivity contribution >= 4 is 10.1 Å². The number of aliphatic hydroxyl groups is 2. The van der Waals surface area contributed by atoms with Crippen molar-refractivity contribution in [1.82, 2.24) is 0 Å². The molecule has 0 aliphatic rings. The highest BCUT2D eigenvalue weighted by Gasteiger charge is 2.06. The lowest BCUT2D eigenvalue weighted by Crippen LogP contribution is -1.96. The zero-order valence-corrected chi connectivity index (χ0v) is 9.27. The Morgan fingerprint density at radius 2 is 1.47 bits per heavy atom. The van der Waals surface area contributed by atoms with Crippen molar-refractivity contribution in [2.24, 2.45) is 0 Å². The molecule has 0 atom stereocenters. The molecule has 3 N–H and O–H groups in total. The van der Waals surface area contributed by atoms with Gasteiger partial charge in [-0.25, -0.2) is 0 Å². The van der Waals surface area contributed by atoms with Crippen molar-refractivity contribution < 1.29 is 23.2 Å². The summed E-state index contributed by atoms with van der Waals surface area (Å²) in [6, 6.07) is 5.99. The maximum atomic E-state index is 10.5. The summed E-state index contributed by atoms with van der Waals surface area (Å²) in [6.07, 6.45) is -1.17. The van der Waals surface area contributed by atoms with E-state index in [-0.39, 0.29) is 4.90 Å². The second-order valence-electron chi connectivity index (χ2n) is 2.92. The molecule has 0 bridgehead atoms. The standard InChI is InChI=1S/C7H8O3S.C2H6O2/c1-6-2-4-7(5-3-6)11(8,9)10;1-2(3)4/h2-5H,1H3,(H,8,9,10);2-4H,1H3. The summed E-state index contributed by atoms with van der Waals surface area (Å²) in [5, 5.41) is 15.2. The summed E-state index contributed by atoms with van der Waals surface area (Å²) in [4.78, 5) is -0.0666. The first-order valence-electron chi connectivity index (χ1n) is 4.14. The lowest BCUT2D eigenvalue weighted by molar-refractivity contribution is -0.0228. The Morgan fingerprint density at radius 3 is 1.73 bits per heavy atom. The molecule has 15 heavy (non-hydrogen) atoms. The molecule has 0 unspecified atom stereocenters. The Balaban J connectivity index is 0.000000423. The topological polar surface area (TPSA) is 94.8 Å². The fourth-order valence-electron chi connectivity index (χ4n) is 0.710. The fourth-order valence-corrected chi connectivity index (χ4v) is 1.19. The predicted octanol–water partition coefficient (Wildman–Crippen LogP) is 0.559. The highest BCUT2D eigenvalue weighted by Crippen LogP contribution is 2.08. The number of benzene rings is 1. The van der Waals surface area contributed by atoms with Crippen LogP contribution < -0.4 is 0 Å². The van der Waals surface area contributed by atoms with Crippen molar-refractivity contribution in [3.8, 4) is 0 Å². The van der Waals surface area contributed by atoms with E-state index in [2.05, 4.69) is 0 Å². The van der Waals surface area contributed by atoms with Crippen molar-refractivity contribution in [1.29, 1.82) is 0 Å². The average Bonchev–Trinajstić information content (AvgIpc) is 2.01. The minimum atomic E-state index is -4.02. The summed E-state index contributed by atoms with van der Waals surface area (Å²) in [5.41, 5.74) is 0.956. The molecule has 5 nitrogen and oxygen atoms in total. The fraction of sp³-hybridized carbons (Fsp3) is 0.333. The van der Waals surface area contributed by atoms with Crippen molar-refractivity contribution in [2.45, 2.75) is 25.0 Å². The third-order valence-corrected chi connectivity index (χ3v) is 2.19. The maximum absolute atomic E-state index is 10.5. The average molecular weight is 234 g/mol. The van der Waals surface area contributed by atoms with Gasteiger partial charge in [-0.15, -0.1) is 0 Å². The number of hydrogen-bond donors (Lipinski definition) is 3. The van der Waals surface area contributed by atoms with Crippen LogP contribution in [0.1, 0.15) is 12.5 Å². The highest BCUT2D eigenvalue weighted by molar-refractivity contribution is 7.85. The molecule has 0 aliphatic heterocycles. The molecule has 0 aliphatic carbocycles. The van der Waals surface area contributed by atoms with Crippen LogP contribution >= 0.6 is 0 Å². The van der Waals surface area contributed by atoms with Crippen LogP contribution in [0.3, 0.4) is 0 Å². The highest BCUT2D eigenvalue weighted by atomic mass is 32.2. The molecule has 6 heteroatoms. The second-order valence-corrected chi connectivity index (χ2v) is 4.34. The molecule has 86 valence electrons. The van der Waals surface area contributed by atoms with Crippen molar-refractivity contribution in [3.63, 3.8) is 0 Å². The molecule has 1 aromatic carbocycles. The molecule has 0 saturated carbocycles. The molecular weight excluding hydrogens is 220 g/mol. The number of aryl methyl sites for hydroxylation is 1. The van der Waals surface area contributed by atoms with Crippen molar-refractivity contribution in [3.05, 3.63) is 29.8 Å². The van der Waals surface area contributed by atoms with Crippen LogP contribution in [0.5, 0.6) is 0 Å². The normalized spacial score (nSPS) is 10.8. The zero-order chi connectivity index (χ0) is 12.1. The van der Waals surface area contributed by atoms with Gasteiger partial charge in [0.05, 0.1) is 4.90 Å². The van der Waals surface area contributed by atoms with Gasteiger partial charge in [-0.1, -0.05) is 17.7 Å². The molecule has 0 spiro atoms. The molecule has 1 rings (SSSR count). The van der Waals surface area contributed by atoms with E-state index in [1.807, 2.05) is 6.92 Å². The third kappa shape index (κ3) is 7.03. The van der Waals surface area contributed by atoms with Gasteiger partial charge in [-0.3, -0.25) is 4.55 Å². The van der Waals surface area contributed by atoms with Crippen LogP contribution in [0.2, 0.25) is 0 Å². The van der Waals surface area contributed by atoms with Gasteiger partial charge >= 0.3 is 0 Å². The summed E-state index contributed by atoms with van der Waals surface area (Å²) < 4.78 is 29.6. The zero-order valence-electron chi connectivity index (χ0n) is 8.45. The Morgan fingerprint density at radius 1 is 1.13 bits per heavy atom. The summed E-state index contributed by atoms with van der Waals surface area (Å²) in [7, 11) is -4.02. The van der Waals surface area contributed by atoms with E-state index in [0.29, 0.717) is 0 Å². The molecule has 0 fully saturated rings.